The van der Waals surface area contributed by atoms with E-state index in [1.54, 1.807) is 0 Å². The third-order valence-corrected chi connectivity index (χ3v) is 5.57. The molecule has 2 unspecified atom stereocenters. The fourth-order valence-corrected chi connectivity index (χ4v) is 4.48. The fourth-order valence-electron chi connectivity index (χ4n) is 4.48. The third-order valence-electron chi connectivity index (χ3n) is 5.57. The molecule has 1 heterocycles. The molecule has 1 aliphatic carbocycles. The summed E-state index contributed by atoms with van der Waals surface area (Å²) < 4.78 is 5.70. The Bertz CT molecular complexity index is 305. The summed E-state index contributed by atoms with van der Waals surface area (Å²) in [5.74, 6) is 0.928. The maximum atomic E-state index is 6.30. The Balaban J connectivity index is 2.12. The molecule has 1 saturated carbocycles. The molecule has 0 bridgehead atoms. The second-order valence-corrected chi connectivity index (χ2v) is 7.53. The van der Waals surface area contributed by atoms with Crippen molar-refractivity contribution in [1.82, 2.24) is 4.90 Å². The first-order valence-electron chi connectivity index (χ1n) is 8.60. The normalized spacial score (nSPS) is 35.7. The van der Waals surface area contributed by atoms with Crippen molar-refractivity contribution in [3.05, 3.63) is 0 Å². The molecule has 0 aromatic carbocycles. The minimum Gasteiger partial charge on any atom is -0.378 e. The van der Waals surface area contributed by atoms with Crippen LogP contribution in [-0.2, 0) is 4.74 Å². The van der Waals surface area contributed by atoms with Gasteiger partial charge in [0.2, 0.25) is 0 Å². The maximum absolute atomic E-state index is 6.30. The first-order valence-corrected chi connectivity index (χ1v) is 8.60. The average molecular weight is 282 g/mol. The topological polar surface area (TPSA) is 38.5 Å². The van der Waals surface area contributed by atoms with Gasteiger partial charge in [0, 0.05) is 24.2 Å². The molecule has 0 aromatic heterocycles. The molecule has 0 radical (unpaired) electrons. The van der Waals surface area contributed by atoms with E-state index < -0.39 is 0 Å². The molecule has 2 atom stereocenters. The van der Waals surface area contributed by atoms with Crippen molar-refractivity contribution in [2.24, 2.45) is 11.7 Å². The fraction of sp³-hybridized carbons (Fsp3) is 1.00. The number of ether oxygens (including phenoxy) is 1. The molecule has 1 saturated heterocycles. The summed E-state index contributed by atoms with van der Waals surface area (Å²) in [6.07, 6.45) is 9.37. The number of nitrogens with zero attached hydrogens (tertiary/aromatic N) is 1. The highest BCUT2D eigenvalue weighted by Crippen LogP contribution is 2.40. The number of rotatable bonds is 4. The summed E-state index contributed by atoms with van der Waals surface area (Å²) >= 11 is 0. The van der Waals surface area contributed by atoms with Crippen LogP contribution in [0.2, 0.25) is 0 Å². The molecule has 2 fully saturated rings. The van der Waals surface area contributed by atoms with E-state index in [9.17, 15) is 0 Å². The standard InChI is InChI=1S/C17H34N2O/c1-4-6-15-7-5-9-17(13-18,10-8-15)19-11-12-20-14-16(19,2)3/h15H,4-14,18H2,1-3H3. The molecule has 2 rings (SSSR count). The van der Waals surface area contributed by atoms with Gasteiger partial charge in [-0.15, -0.1) is 0 Å². The Morgan fingerprint density at radius 1 is 1.25 bits per heavy atom. The van der Waals surface area contributed by atoms with E-state index in [0.29, 0.717) is 0 Å². The maximum Gasteiger partial charge on any atom is 0.0645 e. The van der Waals surface area contributed by atoms with E-state index in [1.165, 1.54) is 44.9 Å². The second kappa shape index (κ2) is 6.76. The zero-order chi connectivity index (χ0) is 14.6. The zero-order valence-corrected chi connectivity index (χ0v) is 13.8. The molecule has 2 aliphatic rings. The highest BCUT2D eigenvalue weighted by molar-refractivity contribution is 5.01. The van der Waals surface area contributed by atoms with Gasteiger partial charge >= 0.3 is 0 Å². The molecule has 0 amide bonds. The molecule has 3 nitrogen and oxygen atoms in total. The van der Waals surface area contributed by atoms with Crippen molar-refractivity contribution < 1.29 is 4.74 Å². The number of morpholine rings is 1. The third kappa shape index (κ3) is 3.37. The lowest BCUT2D eigenvalue weighted by molar-refractivity contribution is -0.108. The van der Waals surface area contributed by atoms with Gasteiger partial charge in [-0.3, -0.25) is 4.90 Å². The van der Waals surface area contributed by atoms with Crippen molar-refractivity contribution in [3.8, 4) is 0 Å². The lowest BCUT2D eigenvalue weighted by Crippen LogP contribution is -2.65. The van der Waals surface area contributed by atoms with E-state index in [4.69, 9.17) is 10.5 Å². The Morgan fingerprint density at radius 2 is 2.05 bits per heavy atom. The molecule has 1 aliphatic heterocycles. The van der Waals surface area contributed by atoms with Gasteiger partial charge in [0.05, 0.1) is 13.2 Å². The second-order valence-electron chi connectivity index (χ2n) is 7.53. The van der Waals surface area contributed by atoms with Gasteiger partial charge in [-0.2, -0.15) is 0 Å². The van der Waals surface area contributed by atoms with Gasteiger partial charge < -0.3 is 10.5 Å². The SMILES string of the molecule is CCCC1CCCC(CN)(N2CCOCC2(C)C)CC1. The van der Waals surface area contributed by atoms with Crippen LogP contribution < -0.4 is 5.73 Å². The Kier molecular flexibility index (Phi) is 5.49. The first-order chi connectivity index (χ1) is 9.54. The van der Waals surface area contributed by atoms with Gasteiger partial charge in [-0.05, 0) is 39.0 Å². The minimum absolute atomic E-state index is 0.127. The van der Waals surface area contributed by atoms with Gasteiger partial charge in [0.25, 0.3) is 0 Å². The van der Waals surface area contributed by atoms with E-state index >= 15 is 0 Å². The predicted octanol–water partition coefficient (Wildman–Crippen LogP) is 3.18. The van der Waals surface area contributed by atoms with E-state index in [2.05, 4.69) is 25.7 Å². The van der Waals surface area contributed by atoms with Gasteiger partial charge in [0.15, 0.2) is 0 Å². The number of nitrogens with two attached hydrogens (primary N) is 1. The summed E-state index contributed by atoms with van der Waals surface area (Å²) in [4.78, 5) is 2.69. The Labute approximate surface area is 125 Å². The van der Waals surface area contributed by atoms with Crippen molar-refractivity contribution >= 4 is 0 Å². The molecular formula is C17H34N2O. The van der Waals surface area contributed by atoms with Crippen molar-refractivity contribution in [1.29, 1.82) is 0 Å². The lowest BCUT2D eigenvalue weighted by Gasteiger charge is -2.53. The van der Waals surface area contributed by atoms with E-state index in [1.807, 2.05) is 0 Å². The molecule has 118 valence electrons. The van der Waals surface area contributed by atoms with Crippen LogP contribution in [0.25, 0.3) is 0 Å². The van der Waals surface area contributed by atoms with Crippen molar-refractivity contribution in [2.75, 3.05) is 26.3 Å². The van der Waals surface area contributed by atoms with Crippen molar-refractivity contribution in [2.45, 2.75) is 76.8 Å². The first kappa shape index (κ1) is 16.3. The smallest absolute Gasteiger partial charge is 0.0645 e. The summed E-state index contributed by atoms with van der Waals surface area (Å²) in [6, 6.07) is 0. The van der Waals surface area contributed by atoms with Crippen LogP contribution in [0.15, 0.2) is 0 Å². The highest BCUT2D eigenvalue weighted by Gasteiger charge is 2.45. The lowest BCUT2D eigenvalue weighted by atomic mass is 9.83. The summed E-state index contributed by atoms with van der Waals surface area (Å²) in [5, 5.41) is 0. The zero-order valence-electron chi connectivity index (χ0n) is 13.8. The Hall–Kier alpha value is -0.120. The van der Waals surface area contributed by atoms with Crippen molar-refractivity contribution in [3.63, 3.8) is 0 Å². The van der Waals surface area contributed by atoms with Crippen LogP contribution in [-0.4, -0.2) is 42.3 Å². The van der Waals surface area contributed by atoms with Crippen LogP contribution in [0.3, 0.4) is 0 Å². The average Bonchev–Trinajstić information content (AvgIpc) is 2.62. The number of hydrogen-bond donors (Lipinski definition) is 1. The van der Waals surface area contributed by atoms with E-state index in [-0.39, 0.29) is 11.1 Å². The van der Waals surface area contributed by atoms with Crippen LogP contribution in [0.4, 0.5) is 0 Å². The molecule has 0 spiro atoms. The van der Waals surface area contributed by atoms with Crippen LogP contribution in [0, 0.1) is 5.92 Å². The molecule has 2 N–H and O–H groups in total. The van der Waals surface area contributed by atoms with Crippen LogP contribution in [0.5, 0.6) is 0 Å². The quantitative estimate of drug-likeness (QED) is 0.805. The summed E-state index contributed by atoms with van der Waals surface area (Å²) in [7, 11) is 0. The van der Waals surface area contributed by atoms with Crippen LogP contribution in [0.1, 0.15) is 65.7 Å². The molecule has 0 aromatic rings. The predicted molar refractivity (Wildman–Crippen MR) is 84.9 cm³/mol. The Morgan fingerprint density at radius 3 is 2.70 bits per heavy atom. The summed E-state index contributed by atoms with van der Waals surface area (Å²) in [6.45, 7) is 10.5. The van der Waals surface area contributed by atoms with Gasteiger partial charge in [0.1, 0.15) is 0 Å². The molecule has 20 heavy (non-hydrogen) atoms. The van der Waals surface area contributed by atoms with Gasteiger partial charge in [-0.1, -0.05) is 32.6 Å². The molecular weight excluding hydrogens is 248 g/mol. The monoisotopic (exact) mass is 282 g/mol. The van der Waals surface area contributed by atoms with E-state index in [0.717, 1.165) is 32.2 Å². The minimum atomic E-state index is 0.127. The summed E-state index contributed by atoms with van der Waals surface area (Å²) in [5.41, 5.74) is 6.64. The van der Waals surface area contributed by atoms with Crippen LogP contribution >= 0.6 is 0 Å². The number of hydrogen-bond acceptors (Lipinski definition) is 3. The highest BCUT2D eigenvalue weighted by atomic mass is 16.5. The van der Waals surface area contributed by atoms with Gasteiger partial charge in [-0.25, -0.2) is 0 Å². The largest absolute Gasteiger partial charge is 0.378 e. The molecule has 3 heteroatoms.